The predicted octanol–water partition coefficient (Wildman–Crippen LogP) is 5.74. The number of hydrogen-bond acceptors (Lipinski definition) is 6. The molecule has 3 rings (SSSR count). The molecule has 0 aliphatic rings. The lowest BCUT2D eigenvalue weighted by atomic mass is 10.1. The Balaban J connectivity index is 1.78. The molecule has 178 valence electrons. The van der Waals surface area contributed by atoms with E-state index in [4.69, 9.17) is 9.47 Å². The van der Waals surface area contributed by atoms with Gasteiger partial charge in [0.25, 0.3) is 11.6 Å². The number of nitro groups is 1. The number of carbonyl (C=O) groups excluding carboxylic acids is 1. The van der Waals surface area contributed by atoms with Gasteiger partial charge in [-0.1, -0.05) is 18.2 Å². The number of ether oxygens (including phenoxy) is 2. The third-order valence-electron chi connectivity index (χ3n) is 5.13. The number of carbonyl (C=O) groups is 1. The average molecular weight is 472 g/mol. The van der Waals surface area contributed by atoms with Crippen LogP contribution in [0.1, 0.15) is 29.2 Å². The van der Waals surface area contributed by atoms with E-state index in [-0.39, 0.29) is 17.9 Å². The largest absolute Gasteiger partial charge is 0.490 e. The van der Waals surface area contributed by atoms with Crippen LogP contribution in [0.2, 0.25) is 0 Å². The van der Waals surface area contributed by atoms with Crippen LogP contribution in [-0.4, -0.2) is 17.4 Å². The second-order valence-electron chi connectivity index (χ2n) is 7.79. The highest BCUT2D eigenvalue weighted by molar-refractivity contribution is 6.10. The molecule has 0 unspecified atom stereocenters. The van der Waals surface area contributed by atoms with E-state index >= 15 is 0 Å². The second-order valence-corrected chi connectivity index (χ2v) is 7.79. The summed E-state index contributed by atoms with van der Waals surface area (Å²) in [5.41, 5.74) is 3.87. The van der Waals surface area contributed by atoms with Gasteiger partial charge in [-0.25, -0.2) is 0 Å². The highest BCUT2D eigenvalue weighted by Gasteiger charge is 2.13. The number of nitriles is 1. The van der Waals surface area contributed by atoms with Crippen LogP contribution < -0.4 is 14.8 Å². The van der Waals surface area contributed by atoms with Crippen molar-refractivity contribution in [3.63, 3.8) is 0 Å². The van der Waals surface area contributed by atoms with Crippen LogP contribution in [0, 0.1) is 35.3 Å². The van der Waals surface area contributed by atoms with Crippen molar-refractivity contribution in [1.82, 2.24) is 0 Å². The SMILES string of the molecule is CCOc1cc(/C=C(/C#N)C(=O)Nc2cc(C)ccc2C)ccc1OCc1ccc([N+](=O)[O-])cc1. The molecule has 0 fully saturated rings. The molecule has 0 aliphatic carbocycles. The Hall–Kier alpha value is -4.64. The monoisotopic (exact) mass is 471 g/mol. The maximum Gasteiger partial charge on any atom is 0.269 e. The number of anilines is 1. The van der Waals surface area contributed by atoms with Gasteiger partial charge in [0.05, 0.1) is 11.5 Å². The van der Waals surface area contributed by atoms with Gasteiger partial charge in [0.2, 0.25) is 0 Å². The van der Waals surface area contributed by atoms with E-state index in [1.807, 2.05) is 45.0 Å². The van der Waals surface area contributed by atoms with Gasteiger partial charge in [0.15, 0.2) is 11.5 Å². The molecule has 0 aliphatic heterocycles. The lowest BCUT2D eigenvalue weighted by molar-refractivity contribution is -0.384. The Morgan fingerprint density at radius 2 is 1.80 bits per heavy atom. The van der Waals surface area contributed by atoms with E-state index in [1.165, 1.54) is 18.2 Å². The van der Waals surface area contributed by atoms with E-state index in [9.17, 15) is 20.2 Å². The molecule has 3 aromatic carbocycles. The third kappa shape index (κ3) is 6.68. The number of nitro benzene ring substituents is 1. The van der Waals surface area contributed by atoms with Crippen molar-refractivity contribution in [3.05, 3.63) is 98.6 Å². The van der Waals surface area contributed by atoms with Crippen LogP contribution in [0.4, 0.5) is 11.4 Å². The lowest BCUT2D eigenvalue weighted by Gasteiger charge is -2.13. The molecule has 3 aromatic rings. The van der Waals surface area contributed by atoms with Crippen LogP contribution in [-0.2, 0) is 11.4 Å². The zero-order chi connectivity index (χ0) is 25.4. The van der Waals surface area contributed by atoms with E-state index < -0.39 is 10.8 Å². The molecule has 0 saturated carbocycles. The van der Waals surface area contributed by atoms with Gasteiger partial charge in [-0.05, 0) is 79.4 Å². The molecule has 0 bridgehead atoms. The zero-order valence-electron chi connectivity index (χ0n) is 19.7. The summed E-state index contributed by atoms with van der Waals surface area (Å²) in [7, 11) is 0. The number of amides is 1. The normalized spacial score (nSPS) is 10.9. The maximum atomic E-state index is 12.7. The topological polar surface area (TPSA) is 114 Å². The molecule has 35 heavy (non-hydrogen) atoms. The second kappa shape index (κ2) is 11.5. The van der Waals surface area contributed by atoms with Crippen LogP contribution >= 0.6 is 0 Å². The highest BCUT2D eigenvalue weighted by atomic mass is 16.6. The van der Waals surface area contributed by atoms with Gasteiger partial charge in [0.1, 0.15) is 18.2 Å². The van der Waals surface area contributed by atoms with Crippen molar-refractivity contribution in [3.8, 4) is 17.6 Å². The standard InChI is InChI=1S/C27H25N3O5/c1-4-34-26-15-21(9-12-25(26)35-17-20-7-10-23(11-8-20)30(32)33)14-22(16-28)27(31)29-24-13-18(2)5-6-19(24)3/h5-15H,4,17H2,1-3H3,(H,29,31)/b22-14-. The minimum atomic E-state index is -0.502. The van der Waals surface area contributed by atoms with E-state index in [2.05, 4.69) is 5.32 Å². The lowest BCUT2D eigenvalue weighted by Crippen LogP contribution is -2.14. The Morgan fingerprint density at radius 3 is 2.46 bits per heavy atom. The smallest absolute Gasteiger partial charge is 0.269 e. The number of rotatable bonds is 9. The van der Waals surface area contributed by atoms with E-state index in [0.29, 0.717) is 29.4 Å². The number of nitrogens with zero attached hydrogens (tertiary/aromatic N) is 2. The van der Waals surface area contributed by atoms with Gasteiger partial charge in [-0.15, -0.1) is 0 Å². The molecule has 0 atom stereocenters. The molecule has 0 radical (unpaired) electrons. The number of nitrogens with one attached hydrogen (secondary N) is 1. The number of benzene rings is 3. The summed E-state index contributed by atoms with van der Waals surface area (Å²) in [4.78, 5) is 23.1. The first-order valence-electron chi connectivity index (χ1n) is 10.9. The van der Waals surface area contributed by atoms with Crippen molar-refractivity contribution in [1.29, 1.82) is 5.26 Å². The zero-order valence-corrected chi connectivity index (χ0v) is 19.7. The number of aryl methyl sites for hydroxylation is 2. The molecule has 1 amide bonds. The molecule has 0 heterocycles. The summed E-state index contributed by atoms with van der Waals surface area (Å²) in [6, 6.07) is 18.9. The van der Waals surface area contributed by atoms with Gasteiger partial charge in [-0.3, -0.25) is 14.9 Å². The molecular formula is C27H25N3O5. The van der Waals surface area contributed by atoms with Gasteiger partial charge in [0, 0.05) is 17.8 Å². The maximum absolute atomic E-state index is 12.7. The highest BCUT2D eigenvalue weighted by Crippen LogP contribution is 2.30. The fraction of sp³-hybridized carbons (Fsp3) is 0.185. The van der Waals surface area contributed by atoms with Gasteiger partial charge in [-0.2, -0.15) is 5.26 Å². The molecule has 0 spiro atoms. The minimum absolute atomic E-state index is 0.00906. The number of non-ortho nitro benzene ring substituents is 1. The van der Waals surface area contributed by atoms with Crippen LogP contribution in [0.5, 0.6) is 11.5 Å². The molecule has 0 saturated heterocycles. The fourth-order valence-electron chi connectivity index (χ4n) is 3.25. The summed E-state index contributed by atoms with van der Waals surface area (Å²) >= 11 is 0. The quantitative estimate of drug-likeness (QED) is 0.184. The van der Waals surface area contributed by atoms with Gasteiger partial charge < -0.3 is 14.8 Å². The third-order valence-corrected chi connectivity index (χ3v) is 5.13. The summed E-state index contributed by atoms with van der Waals surface area (Å²) in [5, 5.41) is 23.2. The molecule has 8 nitrogen and oxygen atoms in total. The summed E-state index contributed by atoms with van der Waals surface area (Å²) in [5.74, 6) is 0.425. The van der Waals surface area contributed by atoms with Crippen molar-refractivity contribution >= 4 is 23.4 Å². The van der Waals surface area contributed by atoms with Crippen LogP contribution in [0.15, 0.2) is 66.2 Å². The van der Waals surface area contributed by atoms with E-state index in [0.717, 1.165) is 16.7 Å². The summed E-state index contributed by atoms with van der Waals surface area (Å²) < 4.78 is 11.5. The summed E-state index contributed by atoms with van der Waals surface area (Å²) in [6.07, 6.45) is 1.49. The first-order valence-corrected chi connectivity index (χ1v) is 10.9. The average Bonchev–Trinajstić information content (AvgIpc) is 2.84. The van der Waals surface area contributed by atoms with Crippen molar-refractivity contribution in [2.75, 3.05) is 11.9 Å². The van der Waals surface area contributed by atoms with Crippen LogP contribution in [0.3, 0.4) is 0 Å². The first kappa shape index (κ1) is 25.0. The van der Waals surface area contributed by atoms with Crippen LogP contribution in [0.25, 0.3) is 6.08 Å². The Bertz CT molecular complexity index is 1310. The first-order chi connectivity index (χ1) is 16.8. The molecule has 0 aromatic heterocycles. The predicted molar refractivity (Wildman–Crippen MR) is 133 cm³/mol. The fourth-order valence-corrected chi connectivity index (χ4v) is 3.25. The van der Waals surface area contributed by atoms with Crippen molar-refractivity contribution in [2.24, 2.45) is 0 Å². The van der Waals surface area contributed by atoms with Crippen molar-refractivity contribution < 1.29 is 19.2 Å². The van der Waals surface area contributed by atoms with Gasteiger partial charge >= 0.3 is 0 Å². The number of hydrogen-bond donors (Lipinski definition) is 1. The minimum Gasteiger partial charge on any atom is -0.490 e. The molecular weight excluding hydrogens is 446 g/mol. The van der Waals surface area contributed by atoms with Crippen molar-refractivity contribution in [2.45, 2.75) is 27.4 Å². The Morgan fingerprint density at radius 1 is 1.06 bits per heavy atom. The van der Waals surface area contributed by atoms with E-state index in [1.54, 1.807) is 30.3 Å². The molecule has 8 heteroatoms. The molecule has 1 N–H and O–H groups in total. The summed E-state index contributed by atoms with van der Waals surface area (Å²) in [6.45, 7) is 6.22. The Labute approximate surface area is 203 Å². The Kier molecular flexibility index (Phi) is 8.20.